The number of aliphatic hydroxyl groups is 1. The average Bonchev–Trinajstić information content (AvgIpc) is 3.14. The predicted octanol–water partition coefficient (Wildman–Crippen LogP) is -2.59. The predicted molar refractivity (Wildman–Crippen MR) is 139 cm³/mol. The van der Waals surface area contributed by atoms with E-state index in [1.807, 2.05) is 13.8 Å². The monoisotopic (exact) mass is 612 g/mol. The molecule has 0 aromatic rings. The van der Waals surface area contributed by atoms with Crippen LogP contribution in [0, 0.1) is 17.3 Å². The fourth-order valence-corrected chi connectivity index (χ4v) is 5.99. The van der Waals surface area contributed by atoms with Crippen LogP contribution in [0.4, 0.5) is 9.59 Å². The number of hydrogen-bond acceptors (Lipinski definition) is 10. The van der Waals surface area contributed by atoms with Gasteiger partial charge in [-0.05, 0) is 58.8 Å². The first-order valence-electron chi connectivity index (χ1n) is 13.5. The van der Waals surface area contributed by atoms with Gasteiger partial charge in [0.2, 0.25) is 11.8 Å². The van der Waals surface area contributed by atoms with Crippen LogP contribution >= 0.6 is 0 Å². The molecule has 2 saturated heterocycles. The Balaban J connectivity index is 0.00000588. The van der Waals surface area contributed by atoms with E-state index in [-0.39, 0.29) is 65.7 Å². The second-order valence-corrected chi connectivity index (χ2v) is 14.1. The quantitative estimate of drug-likeness (QED) is 0.150. The van der Waals surface area contributed by atoms with Crippen LogP contribution in [0.25, 0.3) is 0 Å². The van der Waals surface area contributed by atoms with Crippen molar-refractivity contribution in [2.75, 3.05) is 19.6 Å². The number of carbonyl (C=O) groups excluding carboxylic acids is 4. The molecule has 2 heterocycles. The van der Waals surface area contributed by atoms with E-state index >= 15 is 0 Å². The van der Waals surface area contributed by atoms with Gasteiger partial charge in [0.1, 0.15) is 27.9 Å². The maximum atomic E-state index is 13.1. The topological polar surface area (TPSA) is 203 Å². The maximum absolute atomic E-state index is 13.1. The molecule has 3 fully saturated rings. The summed E-state index contributed by atoms with van der Waals surface area (Å²) in [6, 6.07) is -2.69. The Morgan fingerprint density at radius 1 is 1.20 bits per heavy atom. The fourth-order valence-electron chi connectivity index (χ4n) is 5.40. The van der Waals surface area contributed by atoms with E-state index in [0.29, 0.717) is 38.9 Å². The van der Waals surface area contributed by atoms with Gasteiger partial charge in [0, 0.05) is 31.0 Å². The molecule has 4 N–H and O–H groups in total. The Morgan fingerprint density at radius 2 is 1.80 bits per heavy atom. The van der Waals surface area contributed by atoms with Gasteiger partial charge in [0.15, 0.2) is 5.44 Å². The van der Waals surface area contributed by atoms with Crippen molar-refractivity contribution in [3.63, 3.8) is 0 Å². The Kier molecular flexibility index (Phi) is 11.9. The Bertz CT molecular complexity index is 1080. The van der Waals surface area contributed by atoms with Crippen LogP contribution in [0.2, 0.25) is 0 Å². The summed E-state index contributed by atoms with van der Waals surface area (Å²) in [5.74, 6) is -1.93. The maximum Gasteiger partial charge on any atom is 1.00 e. The summed E-state index contributed by atoms with van der Waals surface area (Å²) in [5, 5.41) is 17.6. The van der Waals surface area contributed by atoms with E-state index in [1.54, 1.807) is 25.7 Å². The molecular formula is C25H41N4NaO10S. The molecule has 16 heteroatoms. The second kappa shape index (κ2) is 13.8. The molecule has 1 spiro atoms. The van der Waals surface area contributed by atoms with Crippen molar-refractivity contribution in [3.8, 4) is 0 Å². The fraction of sp³-hybridized carbons (Fsp3) is 0.840. The molecule has 14 nitrogen and oxygen atoms in total. The van der Waals surface area contributed by atoms with Crippen LogP contribution in [-0.4, -0.2) is 95.8 Å². The van der Waals surface area contributed by atoms with Crippen LogP contribution in [0.5, 0.6) is 0 Å². The molecule has 1 aliphatic carbocycles. The third-order valence-corrected chi connectivity index (χ3v) is 8.20. The number of carbonyl (C=O) groups is 4. The number of alkyl carbamates (subject to hydrolysis) is 1. The SMILES string of the molecule is CC(C)C[C@H](NC(=O)OC1CC2(C1)CN(C(=O)OC(C)(C)C)C2)C(=O)N[C@@H](C[C@H]1CCNC1=O)C(O)S(=O)(=O)[O-].[Na+]. The smallest absolute Gasteiger partial charge is 0.746 e. The average molecular weight is 613 g/mol. The van der Waals surface area contributed by atoms with E-state index in [9.17, 15) is 37.3 Å². The first-order valence-corrected chi connectivity index (χ1v) is 15.0. The Hall–Kier alpha value is -1.65. The largest absolute Gasteiger partial charge is 1.00 e. The summed E-state index contributed by atoms with van der Waals surface area (Å²) < 4.78 is 45.4. The summed E-state index contributed by atoms with van der Waals surface area (Å²) in [6.07, 6.45) is -0.253. The number of aliphatic hydroxyl groups excluding tert-OH is 1. The van der Waals surface area contributed by atoms with Gasteiger partial charge in [-0.2, -0.15) is 0 Å². The van der Waals surface area contributed by atoms with E-state index in [0.717, 1.165) is 0 Å². The molecule has 4 atom stereocenters. The molecule has 3 aliphatic rings. The minimum absolute atomic E-state index is 0. The molecule has 0 aromatic heterocycles. The van der Waals surface area contributed by atoms with E-state index < -0.39 is 57.3 Å². The summed E-state index contributed by atoms with van der Waals surface area (Å²) >= 11 is 0. The standard InChI is InChI=1S/C25H42N4O10S.Na/c1-14(2)8-17(20(31)27-18(21(32)40(35,36)37)9-15-6-7-26-19(15)30)28-22(33)38-16-10-25(11-16)12-29(13-25)23(34)39-24(3,4)5;/h14-18,21,32H,6-13H2,1-5H3,(H,26,30)(H,27,31)(H,28,33)(H,35,36,37);/q;+1/p-1/t15-,17+,18+,21?;/m1./s1. The number of rotatable bonds is 10. The van der Waals surface area contributed by atoms with E-state index in [1.165, 1.54) is 0 Å². The molecule has 0 radical (unpaired) electrons. The van der Waals surface area contributed by atoms with E-state index in [2.05, 4.69) is 16.0 Å². The molecule has 0 aromatic carbocycles. The number of ether oxygens (including phenoxy) is 2. The summed E-state index contributed by atoms with van der Waals surface area (Å²) in [7, 11) is -5.20. The van der Waals surface area contributed by atoms with Crippen molar-refractivity contribution in [2.45, 2.75) is 95.9 Å². The molecule has 2 aliphatic heterocycles. The van der Waals surface area contributed by atoms with Crippen LogP contribution in [0.15, 0.2) is 0 Å². The molecule has 4 amide bonds. The molecular weight excluding hydrogens is 571 g/mol. The van der Waals surface area contributed by atoms with Gasteiger partial charge in [-0.1, -0.05) is 13.8 Å². The first kappa shape index (κ1) is 35.5. The van der Waals surface area contributed by atoms with Gasteiger partial charge in [-0.15, -0.1) is 0 Å². The third-order valence-electron chi connectivity index (χ3n) is 7.28. The van der Waals surface area contributed by atoms with Crippen LogP contribution in [0.1, 0.15) is 66.7 Å². The number of nitrogens with zero attached hydrogens (tertiary/aromatic N) is 1. The summed E-state index contributed by atoms with van der Waals surface area (Å²) in [6.45, 7) is 10.4. The number of nitrogens with one attached hydrogen (secondary N) is 3. The van der Waals surface area contributed by atoms with Gasteiger partial charge in [0.05, 0.1) is 6.04 Å². The third kappa shape index (κ3) is 9.95. The molecule has 3 rings (SSSR count). The number of amides is 4. The van der Waals surface area contributed by atoms with Crippen LogP contribution in [-0.2, 0) is 29.2 Å². The van der Waals surface area contributed by atoms with Gasteiger partial charge < -0.3 is 40.0 Å². The molecule has 1 saturated carbocycles. The van der Waals surface area contributed by atoms with Gasteiger partial charge >= 0.3 is 41.7 Å². The Morgan fingerprint density at radius 3 is 2.29 bits per heavy atom. The molecule has 228 valence electrons. The summed E-state index contributed by atoms with van der Waals surface area (Å²) in [5.41, 5.74) is -3.18. The van der Waals surface area contributed by atoms with Crippen molar-refractivity contribution in [1.82, 2.24) is 20.9 Å². The normalized spacial score (nSPS) is 22.4. The first-order chi connectivity index (χ1) is 18.4. The summed E-state index contributed by atoms with van der Waals surface area (Å²) in [4.78, 5) is 51.5. The van der Waals surface area contributed by atoms with Gasteiger partial charge in [-0.25, -0.2) is 18.0 Å². The van der Waals surface area contributed by atoms with Crippen LogP contribution < -0.4 is 45.5 Å². The van der Waals surface area contributed by atoms with Gasteiger partial charge in [0.25, 0.3) is 0 Å². The Labute approximate surface area is 263 Å². The van der Waals surface area contributed by atoms with Gasteiger partial charge in [-0.3, -0.25) is 9.59 Å². The minimum Gasteiger partial charge on any atom is -0.746 e. The van der Waals surface area contributed by atoms with Crippen molar-refractivity contribution in [2.24, 2.45) is 17.3 Å². The zero-order chi connectivity index (χ0) is 30.0. The number of hydrogen-bond donors (Lipinski definition) is 4. The zero-order valence-corrected chi connectivity index (χ0v) is 27.4. The van der Waals surface area contributed by atoms with Crippen molar-refractivity contribution in [3.05, 3.63) is 0 Å². The zero-order valence-electron chi connectivity index (χ0n) is 24.6. The van der Waals surface area contributed by atoms with Crippen molar-refractivity contribution < 1.29 is 76.3 Å². The minimum atomic E-state index is -5.20. The van der Waals surface area contributed by atoms with E-state index in [4.69, 9.17) is 9.47 Å². The van der Waals surface area contributed by atoms with Crippen LogP contribution in [0.3, 0.4) is 0 Å². The number of likely N-dealkylation sites (tertiary alicyclic amines) is 1. The second-order valence-electron chi connectivity index (χ2n) is 12.6. The van der Waals surface area contributed by atoms with Crippen molar-refractivity contribution in [1.29, 1.82) is 0 Å². The molecule has 41 heavy (non-hydrogen) atoms. The molecule has 1 unspecified atom stereocenters. The van der Waals surface area contributed by atoms with Crippen molar-refractivity contribution >= 4 is 34.1 Å². The molecule has 0 bridgehead atoms.